The zero-order chi connectivity index (χ0) is 21.5. The lowest BCUT2D eigenvalue weighted by atomic mass is 10.2. The van der Waals surface area contributed by atoms with Gasteiger partial charge in [0.25, 0.3) is 5.91 Å². The Hall–Kier alpha value is -3.86. The molecule has 0 fully saturated rings. The summed E-state index contributed by atoms with van der Waals surface area (Å²) in [5.74, 6) is 1.73. The number of hydrogen-bond donors (Lipinski definition) is 1. The Morgan fingerprint density at radius 1 is 1.00 bits per heavy atom. The number of aromatic nitrogens is 1. The van der Waals surface area contributed by atoms with Gasteiger partial charge in [0.05, 0.1) is 17.9 Å². The fourth-order valence-corrected chi connectivity index (χ4v) is 3.16. The lowest BCUT2D eigenvalue weighted by Gasteiger charge is -2.08. The van der Waals surface area contributed by atoms with Crippen molar-refractivity contribution in [1.29, 1.82) is 0 Å². The monoisotopic (exact) mass is 411 g/mol. The fraction of sp³-hybridized carbons (Fsp3) is 0.154. The average molecular weight is 411 g/mol. The van der Waals surface area contributed by atoms with Crippen LogP contribution < -0.4 is 10.1 Å². The van der Waals surface area contributed by atoms with E-state index < -0.39 is 0 Å². The molecule has 1 N–H and O–H groups in total. The van der Waals surface area contributed by atoms with Crippen molar-refractivity contribution in [3.05, 3.63) is 108 Å². The van der Waals surface area contributed by atoms with Gasteiger partial charge in [-0.15, -0.1) is 0 Å². The molecule has 1 aromatic heterocycles. The molecule has 4 aromatic rings. The van der Waals surface area contributed by atoms with Gasteiger partial charge in [-0.1, -0.05) is 54.6 Å². The van der Waals surface area contributed by atoms with Gasteiger partial charge in [-0.25, -0.2) is 4.98 Å². The Kier molecular flexibility index (Phi) is 6.43. The number of carbonyl (C=O) groups is 1. The predicted molar refractivity (Wildman–Crippen MR) is 119 cm³/mol. The van der Waals surface area contributed by atoms with Crippen molar-refractivity contribution in [2.24, 2.45) is 0 Å². The molecule has 0 aliphatic rings. The van der Waals surface area contributed by atoms with Gasteiger partial charge in [-0.2, -0.15) is 0 Å². The average Bonchev–Trinajstić information content (AvgIpc) is 3.19. The number of benzene rings is 3. The van der Waals surface area contributed by atoms with Crippen LogP contribution in [0, 0.1) is 13.0 Å². The van der Waals surface area contributed by atoms with E-state index in [2.05, 4.69) is 16.4 Å². The largest absolute Gasteiger partial charge is 0.493 e. The lowest BCUT2D eigenvalue weighted by Crippen LogP contribution is -2.22. The third kappa shape index (κ3) is 5.39. The van der Waals surface area contributed by atoms with Gasteiger partial charge in [0, 0.05) is 24.6 Å². The Morgan fingerprint density at radius 2 is 1.74 bits per heavy atom. The number of nitrogens with zero attached hydrogens (tertiary/aromatic N) is 1. The van der Waals surface area contributed by atoms with Crippen LogP contribution in [0.5, 0.6) is 5.75 Å². The van der Waals surface area contributed by atoms with E-state index in [1.807, 2.05) is 67.6 Å². The van der Waals surface area contributed by atoms with E-state index in [1.54, 1.807) is 18.2 Å². The van der Waals surface area contributed by atoms with Crippen molar-refractivity contribution in [3.8, 4) is 17.2 Å². The molecule has 1 amide bonds. The first-order chi connectivity index (χ1) is 15.2. The van der Waals surface area contributed by atoms with Crippen LogP contribution in [0.1, 0.15) is 27.4 Å². The van der Waals surface area contributed by atoms with Gasteiger partial charge >= 0.3 is 0 Å². The molecule has 0 aliphatic carbocycles. The van der Waals surface area contributed by atoms with Gasteiger partial charge in [-0.05, 0) is 36.8 Å². The van der Waals surface area contributed by atoms with Crippen LogP contribution in [0.3, 0.4) is 0 Å². The molecule has 1 heterocycles. The summed E-state index contributed by atoms with van der Waals surface area (Å²) >= 11 is 0. The number of nitrogens with one attached hydrogen (secondary N) is 1. The summed E-state index contributed by atoms with van der Waals surface area (Å²) in [6, 6.07) is 27.9. The van der Waals surface area contributed by atoms with Crippen LogP contribution in [0.2, 0.25) is 0 Å². The Balaban J connectivity index is 1.32. The van der Waals surface area contributed by atoms with E-state index in [0.717, 1.165) is 22.6 Å². The maximum absolute atomic E-state index is 12.4. The molecule has 0 spiro atoms. The van der Waals surface area contributed by atoms with Gasteiger partial charge in [0.2, 0.25) is 5.89 Å². The first kappa shape index (κ1) is 20.4. The molecule has 0 unspecified atom stereocenters. The molecule has 0 saturated heterocycles. The summed E-state index contributed by atoms with van der Waals surface area (Å²) in [5.41, 5.74) is 3.29. The van der Waals surface area contributed by atoms with Crippen molar-refractivity contribution in [3.63, 3.8) is 0 Å². The van der Waals surface area contributed by atoms with E-state index in [4.69, 9.17) is 9.15 Å². The van der Waals surface area contributed by atoms with Crippen LogP contribution in [0.15, 0.2) is 83.3 Å². The summed E-state index contributed by atoms with van der Waals surface area (Å²) in [6.45, 7) is 2.78. The zero-order valence-electron chi connectivity index (χ0n) is 17.3. The number of carbonyl (C=O) groups excluding carboxylic acids is 1. The topological polar surface area (TPSA) is 64.4 Å². The number of ether oxygens (including phenoxy) is 1. The van der Waals surface area contributed by atoms with Gasteiger partial charge < -0.3 is 14.5 Å². The quantitative estimate of drug-likeness (QED) is 0.443. The normalized spacial score (nSPS) is 10.6. The van der Waals surface area contributed by atoms with Crippen LogP contribution in [-0.2, 0) is 13.0 Å². The Bertz CT molecular complexity index is 1140. The van der Waals surface area contributed by atoms with E-state index in [-0.39, 0.29) is 5.91 Å². The van der Waals surface area contributed by atoms with Crippen molar-refractivity contribution < 1.29 is 13.9 Å². The highest BCUT2D eigenvalue weighted by atomic mass is 16.5. The summed E-state index contributed by atoms with van der Waals surface area (Å²) < 4.78 is 11.6. The van der Waals surface area contributed by atoms with Gasteiger partial charge in [0.15, 0.2) is 0 Å². The first-order valence-corrected chi connectivity index (χ1v) is 10.2. The minimum Gasteiger partial charge on any atom is -0.493 e. The van der Waals surface area contributed by atoms with Crippen molar-refractivity contribution in [2.75, 3.05) is 6.61 Å². The third-order valence-corrected chi connectivity index (χ3v) is 4.82. The molecule has 0 saturated carbocycles. The predicted octanol–water partition coefficient (Wildman–Crippen LogP) is 5.00. The Morgan fingerprint density at radius 3 is 2.52 bits per heavy atom. The molecule has 0 aliphatic heterocycles. The highest BCUT2D eigenvalue weighted by Gasteiger charge is 2.12. The molecule has 0 atom stereocenters. The smallest absolute Gasteiger partial charge is 0.252 e. The fourth-order valence-electron chi connectivity index (χ4n) is 3.16. The molecule has 0 bridgehead atoms. The summed E-state index contributed by atoms with van der Waals surface area (Å²) in [6.07, 6.45) is 0.598. The van der Waals surface area contributed by atoms with E-state index >= 15 is 0 Å². The van der Waals surface area contributed by atoms with E-state index in [9.17, 15) is 4.79 Å². The van der Waals surface area contributed by atoms with Crippen molar-refractivity contribution >= 4 is 5.91 Å². The second kappa shape index (κ2) is 9.76. The highest BCUT2D eigenvalue weighted by Crippen LogP contribution is 2.22. The molecule has 31 heavy (non-hydrogen) atoms. The summed E-state index contributed by atoms with van der Waals surface area (Å²) in [5, 5.41) is 2.90. The van der Waals surface area contributed by atoms with E-state index in [0.29, 0.717) is 36.8 Å². The lowest BCUT2D eigenvalue weighted by molar-refractivity contribution is 0.0950. The minimum absolute atomic E-state index is 0.186. The maximum atomic E-state index is 12.4. The van der Waals surface area contributed by atoms with Crippen LogP contribution in [0.4, 0.5) is 0 Å². The molecule has 1 radical (unpaired) electrons. The van der Waals surface area contributed by atoms with Gasteiger partial charge in [-0.3, -0.25) is 4.79 Å². The molecule has 155 valence electrons. The first-order valence-electron chi connectivity index (χ1n) is 10.2. The second-order valence-electron chi connectivity index (χ2n) is 7.08. The molecule has 5 nitrogen and oxygen atoms in total. The molecule has 5 heteroatoms. The SMILES string of the molecule is Cc1oc(-c2ccccc2)nc1CCOc1[c]c(C(=O)NCc2ccccc2)ccc1. The molecular formula is C26H23N2O3. The van der Waals surface area contributed by atoms with E-state index in [1.165, 1.54) is 0 Å². The summed E-state index contributed by atoms with van der Waals surface area (Å²) in [7, 11) is 0. The van der Waals surface area contributed by atoms with Crippen LogP contribution >= 0.6 is 0 Å². The van der Waals surface area contributed by atoms with Crippen molar-refractivity contribution in [1.82, 2.24) is 10.3 Å². The highest BCUT2D eigenvalue weighted by molar-refractivity contribution is 5.94. The molecule has 4 rings (SSSR count). The number of hydrogen-bond acceptors (Lipinski definition) is 4. The van der Waals surface area contributed by atoms with Crippen LogP contribution in [-0.4, -0.2) is 17.5 Å². The number of rotatable bonds is 8. The third-order valence-electron chi connectivity index (χ3n) is 4.82. The van der Waals surface area contributed by atoms with Crippen LogP contribution in [0.25, 0.3) is 11.5 Å². The minimum atomic E-state index is -0.186. The zero-order valence-corrected chi connectivity index (χ0v) is 17.3. The number of oxazole rings is 1. The standard InChI is InChI=1S/C26H23N2O3/c1-19-24(28-26(31-19)21-11-6-3-7-12-21)15-16-30-23-14-8-13-22(17-23)25(29)27-18-20-9-4-2-5-10-20/h2-14H,15-16,18H2,1H3,(H,27,29). The summed E-state index contributed by atoms with van der Waals surface area (Å²) in [4.78, 5) is 17.0. The maximum Gasteiger partial charge on any atom is 0.252 e. The number of aryl methyl sites for hydroxylation is 1. The van der Waals surface area contributed by atoms with Crippen molar-refractivity contribution in [2.45, 2.75) is 19.9 Å². The molecule has 3 aromatic carbocycles. The Labute approximate surface area is 181 Å². The van der Waals surface area contributed by atoms with Gasteiger partial charge in [0.1, 0.15) is 11.5 Å². The second-order valence-corrected chi connectivity index (χ2v) is 7.08. The molecular weight excluding hydrogens is 388 g/mol. The number of amides is 1.